The second-order valence-corrected chi connectivity index (χ2v) is 5.77. The topological polar surface area (TPSA) is 54.7 Å². The summed E-state index contributed by atoms with van der Waals surface area (Å²) in [6.45, 7) is 3.74. The highest BCUT2D eigenvalue weighted by molar-refractivity contribution is 5.85. The zero-order valence-corrected chi connectivity index (χ0v) is 14.0. The molecule has 3 rings (SSSR count). The summed E-state index contributed by atoms with van der Waals surface area (Å²) in [5.74, 6) is 0.629. The summed E-state index contributed by atoms with van der Waals surface area (Å²) in [6, 6.07) is 9.04. The molecule has 0 aliphatic carbocycles. The number of likely N-dealkylation sites (tertiary alicyclic amines) is 1. The van der Waals surface area contributed by atoms with E-state index < -0.39 is 0 Å². The molecule has 2 aromatic rings. The van der Waals surface area contributed by atoms with Crippen LogP contribution in [-0.4, -0.2) is 40.8 Å². The van der Waals surface area contributed by atoms with Gasteiger partial charge >= 0.3 is 0 Å². The SMILES string of the molecule is Cc1c(O)c(=O)ccn1-c1ccc(OC2CCN(C)C2)cc1.Cl. The van der Waals surface area contributed by atoms with Gasteiger partial charge in [0, 0.05) is 31.0 Å². The molecule has 1 aromatic carbocycles. The summed E-state index contributed by atoms with van der Waals surface area (Å²) in [5.41, 5.74) is 1.04. The Labute approximate surface area is 141 Å². The third kappa shape index (κ3) is 3.68. The number of aromatic hydroxyl groups is 1. The fourth-order valence-corrected chi connectivity index (χ4v) is 2.77. The van der Waals surface area contributed by atoms with Crippen LogP contribution in [0.2, 0.25) is 0 Å². The summed E-state index contributed by atoms with van der Waals surface area (Å²) in [7, 11) is 2.10. The highest BCUT2D eigenvalue weighted by Crippen LogP contribution is 2.21. The van der Waals surface area contributed by atoms with Crippen LogP contribution in [0.5, 0.6) is 11.5 Å². The first-order chi connectivity index (χ1) is 10.5. The van der Waals surface area contributed by atoms with Gasteiger partial charge in [0.2, 0.25) is 5.43 Å². The lowest BCUT2D eigenvalue weighted by molar-refractivity contribution is 0.208. The Bertz CT molecular complexity index is 728. The van der Waals surface area contributed by atoms with Gasteiger partial charge < -0.3 is 19.3 Å². The zero-order chi connectivity index (χ0) is 15.7. The second kappa shape index (κ2) is 7.06. The first-order valence-corrected chi connectivity index (χ1v) is 7.41. The zero-order valence-electron chi connectivity index (χ0n) is 13.2. The van der Waals surface area contributed by atoms with Crippen molar-refractivity contribution in [2.24, 2.45) is 0 Å². The number of rotatable bonds is 3. The van der Waals surface area contributed by atoms with Crippen LogP contribution < -0.4 is 10.2 Å². The molecule has 124 valence electrons. The number of halogens is 1. The molecule has 1 aromatic heterocycles. The molecule has 5 nitrogen and oxygen atoms in total. The Kier molecular flexibility index (Phi) is 5.34. The first kappa shape index (κ1) is 17.4. The lowest BCUT2D eigenvalue weighted by Gasteiger charge is -2.15. The molecule has 0 radical (unpaired) electrons. The van der Waals surface area contributed by atoms with E-state index in [1.54, 1.807) is 17.7 Å². The number of hydrogen-bond acceptors (Lipinski definition) is 4. The smallest absolute Gasteiger partial charge is 0.223 e. The van der Waals surface area contributed by atoms with Crippen LogP contribution in [0.4, 0.5) is 0 Å². The average molecular weight is 337 g/mol. The van der Waals surface area contributed by atoms with Gasteiger partial charge in [0.1, 0.15) is 11.9 Å². The van der Waals surface area contributed by atoms with E-state index in [-0.39, 0.29) is 29.7 Å². The van der Waals surface area contributed by atoms with Gasteiger partial charge in [-0.05, 0) is 44.7 Å². The third-order valence-electron chi connectivity index (χ3n) is 4.08. The van der Waals surface area contributed by atoms with Crippen LogP contribution in [0.25, 0.3) is 5.69 Å². The second-order valence-electron chi connectivity index (χ2n) is 5.77. The Morgan fingerprint density at radius 3 is 2.52 bits per heavy atom. The molecule has 0 bridgehead atoms. The van der Waals surface area contributed by atoms with Crippen molar-refractivity contribution in [3.05, 3.63) is 52.4 Å². The van der Waals surface area contributed by atoms with Crippen LogP contribution in [0, 0.1) is 6.92 Å². The first-order valence-electron chi connectivity index (χ1n) is 7.41. The summed E-state index contributed by atoms with van der Waals surface area (Å²) in [6.07, 6.45) is 2.96. The van der Waals surface area contributed by atoms with Gasteiger partial charge in [-0.1, -0.05) is 0 Å². The van der Waals surface area contributed by atoms with E-state index in [0.29, 0.717) is 5.69 Å². The molecule has 1 aliphatic heterocycles. The summed E-state index contributed by atoms with van der Waals surface area (Å²) in [4.78, 5) is 13.7. The average Bonchev–Trinajstić information content (AvgIpc) is 2.91. The minimum atomic E-state index is -0.362. The molecule has 2 heterocycles. The van der Waals surface area contributed by atoms with Crippen molar-refractivity contribution < 1.29 is 9.84 Å². The summed E-state index contributed by atoms with van der Waals surface area (Å²) >= 11 is 0. The minimum absolute atomic E-state index is 0. The molecule has 1 unspecified atom stereocenters. The lowest BCUT2D eigenvalue weighted by Crippen LogP contribution is -2.21. The van der Waals surface area contributed by atoms with E-state index in [1.807, 2.05) is 24.3 Å². The van der Waals surface area contributed by atoms with E-state index in [4.69, 9.17) is 4.74 Å². The molecular weight excluding hydrogens is 316 g/mol. The van der Waals surface area contributed by atoms with Crippen molar-refractivity contribution in [2.45, 2.75) is 19.4 Å². The molecule has 0 saturated carbocycles. The van der Waals surface area contributed by atoms with Crippen molar-refractivity contribution in [1.29, 1.82) is 0 Å². The van der Waals surface area contributed by atoms with Crippen molar-refractivity contribution in [2.75, 3.05) is 20.1 Å². The van der Waals surface area contributed by atoms with Gasteiger partial charge in [-0.2, -0.15) is 0 Å². The van der Waals surface area contributed by atoms with E-state index in [9.17, 15) is 9.90 Å². The van der Waals surface area contributed by atoms with Crippen LogP contribution in [-0.2, 0) is 0 Å². The molecule has 0 amide bonds. The van der Waals surface area contributed by atoms with Crippen LogP contribution in [0.3, 0.4) is 0 Å². The fraction of sp³-hybridized carbons (Fsp3) is 0.353. The van der Waals surface area contributed by atoms with Crippen molar-refractivity contribution in [1.82, 2.24) is 9.47 Å². The molecule has 1 saturated heterocycles. The van der Waals surface area contributed by atoms with Crippen LogP contribution in [0.15, 0.2) is 41.3 Å². The normalized spacial score (nSPS) is 17.7. The van der Waals surface area contributed by atoms with Gasteiger partial charge in [-0.15, -0.1) is 12.4 Å². The molecule has 1 atom stereocenters. The lowest BCUT2D eigenvalue weighted by atomic mass is 10.2. The monoisotopic (exact) mass is 336 g/mol. The maximum atomic E-state index is 11.4. The standard InChI is InChI=1S/C17H20N2O3.ClH/c1-12-17(21)16(20)8-10-19(12)13-3-5-14(6-4-13)22-15-7-9-18(2)11-15;/h3-6,8,10,15,21H,7,9,11H2,1-2H3;1H. The summed E-state index contributed by atoms with van der Waals surface area (Å²) < 4.78 is 7.74. The fourth-order valence-electron chi connectivity index (χ4n) is 2.77. The van der Waals surface area contributed by atoms with Gasteiger partial charge in [-0.25, -0.2) is 0 Å². The quantitative estimate of drug-likeness (QED) is 0.935. The van der Waals surface area contributed by atoms with Crippen LogP contribution in [0.1, 0.15) is 12.1 Å². The predicted molar refractivity (Wildman–Crippen MR) is 92.2 cm³/mol. The number of aromatic nitrogens is 1. The number of pyridine rings is 1. The maximum Gasteiger partial charge on any atom is 0.223 e. The van der Waals surface area contributed by atoms with E-state index >= 15 is 0 Å². The Hall–Kier alpha value is -1.98. The Morgan fingerprint density at radius 1 is 1.22 bits per heavy atom. The highest BCUT2D eigenvalue weighted by atomic mass is 35.5. The van der Waals surface area contributed by atoms with E-state index in [0.717, 1.165) is 30.9 Å². The molecule has 0 spiro atoms. The molecule has 1 fully saturated rings. The summed E-state index contributed by atoms with van der Waals surface area (Å²) in [5, 5.41) is 9.75. The van der Waals surface area contributed by atoms with Crippen molar-refractivity contribution >= 4 is 12.4 Å². The van der Waals surface area contributed by atoms with Gasteiger partial charge in [-0.3, -0.25) is 4.79 Å². The van der Waals surface area contributed by atoms with E-state index in [2.05, 4.69) is 11.9 Å². The van der Waals surface area contributed by atoms with Crippen molar-refractivity contribution in [3.8, 4) is 17.2 Å². The number of benzene rings is 1. The third-order valence-corrected chi connectivity index (χ3v) is 4.08. The molecule has 23 heavy (non-hydrogen) atoms. The van der Waals surface area contributed by atoms with Gasteiger partial charge in [0.05, 0.1) is 5.69 Å². The molecular formula is C17H21ClN2O3. The molecule has 6 heteroatoms. The van der Waals surface area contributed by atoms with Crippen molar-refractivity contribution in [3.63, 3.8) is 0 Å². The number of ether oxygens (including phenoxy) is 1. The predicted octanol–water partition coefficient (Wildman–Crippen LogP) is 2.36. The largest absolute Gasteiger partial charge is 0.503 e. The highest BCUT2D eigenvalue weighted by Gasteiger charge is 2.20. The maximum absolute atomic E-state index is 11.4. The van der Waals surface area contributed by atoms with Crippen LogP contribution >= 0.6 is 12.4 Å². The Morgan fingerprint density at radius 2 is 1.91 bits per heavy atom. The minimum Gasteiger partial charge on any atom is -0.503 e. The van der Waals surface area contributed by atoms with Gasteiger partial charge in [0.15, 0.2) is 5.75 Å². The molecule has 1 aliphatic rings. The Balaban J connectivity index is 0.00000192. The molecule has 1 N–H and O–H groups in total. The van der Waals surface area contributed by atoms with Gasteiger partial charge in [0.25, 0.3) is 0 Å². The number of hydrogen-bond donors (Lipinski definition) is 1. The number of nitrogens with zero attached hydrogens (tertiary/aromatic N) is 2. The number of likely N-dealkylation sites (N-methyl/N-ethyl adjacent to an activating group) is 1. The van der Waals surface area contributed by atoms with E-state index in [1.165, 1.54) is 6.07 Å².